The summed E-state index contributed by atoms with van der Waals surface area (Å²) in [6, 6.07) is 8.84. The van der Waals surface area contributed by atoms with E-state index in [1.54, 1.807) is 0 Å². The van der Waals surface area contributed by atoms with E-state index in [1.807, 2.05) is 12.1 Å². The minimum absolute atomic E-state index is 0.133. The second-order valence-electron chi connectivity index (χ2n) is 4.25. The topological polar surface area (TPSA) is 32.3 Å². The van der Waals surface area contributed by atoms with Gasteiger partial charge in [0.05, 0.1) is 6.61 Å². The molecule has 0 unspecified atom stereocenters. The van der Waals surface area contributed by atoms with Crippen LogP contribution < -0.4 is 5.32 Å². The van der Waals surface area contributed by atoms with Crippen LogP contribution >= 0.6 is 11.8 Å². The molecular formula is C13H19NOS. The second-order valence-corrected chi connectivity index (χ2v) is 5.47. The van der Waals surface area contributed by atoms with E-state index in [2.05, 4.69) is 29.2 Å². The second kappa shape index (κ2) is 6.28. The lowest BCUT2D eigenvalue weighted by atomic mass is 10.1. The predicted molar refractivity (Wildman–Crippen MR) is 69.6 cm³/mol. The normalized spacial score (nSPS) is 17.6. The monoisotopic (exact) mass is 237 g/mol. The van der Waals surface area contributed by atoms with Crippen molar-refractivity contribution in [3.63, 3.8) is 0 Å². The van der Waals surface area contributed by atoms with Crippen molar-refractivity contribution in [2.24, 2.45) is 0 Å². The molecule has 88 valence electrons. The highest BCUT2D eigenvalue weighted by Crippen LogP contribution is 2.17. The van der Waals surface area contributed by atoms with Gasteiger partial charge >= 0.3 is 0 Å². The molecule has 0 spiro atoms. The van der Waals surface area contributed by atoms with Crippen molar-refractivity contribution in [2.75, 3.05) is 11.5 Å². The number of hydrogen-bond donors (Lipinski definition) is 2. The van der Waals surface area contributed by atoms with Gasteiger partial charge in [0.25, 0.3) is 0 Å². The molecule has 1 aromatic carbocycles. The first-order valence-corrected chi connectivity index (χ1v) is 7.04. The predicted octanol–water partition coefficient (Wildman–Crippen LogP) is 2.16. The number of rotatable bonds is 4. The Hall–Kier alpha value is -0.510. The largest absolute Gasteiger partial charge is 0.392 e. The third-order valence-electron chi connectivity index (χ3n) is 2.99. The van der Waals surface area contributed by atoms with Crippen LogP contribution in [0.1, 0.15) is 24.0 Å². The van der Waals surface area contributed by atoms with E-state index >= 15 is 0 Å². The van der Waals surface area contributed by atoms with E-state index in [4.69, 9.17) is 5.11 Å². The van der Waals surface area contributed by atoms with Gasteiger partial charge in [-0.2, -0.15) is 11.8 Å². The van der Waals surface area contributed by atoms with Crippen molar-refractivity contribution in [1.82, 2.24) is 5.32 Å². The van der Waals surface area contributed by atoms with Crippen LogP contribution in [0.3, 0.4) is 0 Å². The summed E-state index contributed by atoms with van der Waals surface area (Å²) in [6.45, 7) is 1.05. The summed E-state index contributed by atoms with van der Waals surface area (Å²) < 4.78 is 0. The van der Waals surface area contributed by atoms with Gasteiger partial charge in [0.1, 0.15) is 0 Å². The van der Waals surface area contributed by atoms with Gasteiger partial charge in [0.2, 0.25) is 0 Å². The van der Waals surface area contributed by atoms with Gasteiger partial charge in [-0.1, -0.05) is 24.3 Å². The average molecular weight is 237 g/mol. The van der Waals surface area contributed by atoms with Crippen LogP contribution in [-0.4, -0.2) is 22.7 Å². The van der Waals surface area contributed by atoms with Crippen molar-refractivity contribution >= 4 is 11.8 Å². The zero-order valence-electron chi connectivity index (χ0n) is 9.48. The Balaban J connectivity index is 1.83. The summed E-state index contributed by atoms with van der Waals surface area (Å²) in [5.41, 5.74) is 2.27. The number of hydrogen-bond acceptors (Lipinski definition) is 3. The van der Waals surface area contributed by atoms with Gasteiger partial charge in [-0.05, 0) is 35.5 Å². The Kier molecular flexibility index (Phi) is 4.69. The van der Waals surface area contributed by atoms with Crippen LogP contribution in [0.15, 0.2) is 24.3 Å². The highest BCUT2D eigenvalue weighted by molar-refractivity contribution is 7.99. The van der Waals surface area contributed by atoms with Crippen LogP contribution in [0.2, 0.25) is 0 Å². The van der Waals surface area contributed by atoms with Crippen molar-refractivity contribution in [1.29, 1.82) is 0 Å². The lowest BCUT2D eigenvalue weighted by molar-refractivity contribution is 0.281. The maximum atomic E-state index is 9.06. The van der Waals surface area contributed by atoms with Gasteiger partial charge < -0.3 is 10.4 Å². The van der Waals surface area contributed by atoms with E-state index in [0.29, 0.717) is 6.04 Å². The fourth-order valence-electron chi connectivity index (χ4n) is 2.00. The molecule has 0 bridgehead atoms. The molecule has 1 aliphatic heterocycles. The summed E-state index contributed by atoms with van der Waals surface area (Å²) in [5, 5.41) is 12.7. The van der Waals surface area contributed by atoms with E-state index in [9.17, 15) is 0 Å². The average Bonchev–Trinajstić information content (AvgIpc) is 2.38. The van der Waals surface area contributed by atoms with E-state index in [-0.39, 0.29) is 6.61 Å². The lowest BCUT2D eigenvalue weighted by Crippen LogP contribution is -2.32. The molecule has 1 heterocycles. The molecule has 2 nitrogen and oxygen atoms in total. The molecule has 2 rings (SSSR count). The first-order chi connectivity index (χ1) is 7.88. The molecular weight excluding hydrogens is 218 g/mol. The highest BCUT2D eigenvalue weighted by atomic mass is 32.2. The van der Waals surface area contributed by atoms with Crippen molar-refractivity contribution in [3.8, 4) is 0 Å². The standard InChI is InChI=1S/C13H19NOS/c15-10-12-3-1-2-11(8-12)9-14-13-4-6-16-7-5-13/h1-3,8,13-15H,4-7,9-10H2. The molecule has 1 aliphatic rings. The maximum absolute atomic E-state index is 9.06. The molecule has 0 aliphatic carbocycles. The number of thioether (sulfide) groups is 1. The highest BCUT2D eigenvalue weighted by Gasteiger charge is 2.12. The number of aliphatic hydroxyl groups is 1. The minimum atomic E-state index is 0.133. The Bertz CT molecular complexity index is 323. The van der Waals surface area contributed by atoms with Crippen LogP contribution in [-0.2, 0) is 13.2 Å². The summed E-state index contributed by atoms with van der Waals surface area (Å²) >= 11 is 2.05. The van der Waals surface area contributed by atoms with Crippen molar-refractivity contribution in [3.05, 3.63) is 35.4 Å². The first kappa shape index (κ1) is 12.0. The first-order valence-electron chi connectivity index (χ1n) is 5.88. The van der Waals surface area contributed by atoms with Gasteiger partial charge in [-0.15, -0.1) is 0 Å². The Labute approximate surface area is 101 Å². The van der Waals surface area contributed by atoms with Gasteiger partial charge in [-0.3, -0.25) is 0 Å². The van der Waals surface area contributed by atoms with Crippen LogP contribution in [0, 0.1) is 0 Å². The number of aliphatic hydroxyl groups excluding tert-OH is 1. The molecule has 1 fully saturated rings. The van der Waals surface area contributed by atoms with Gasteiger partial charge in [-0.25, -0.2) is 0 Å². The van der Waals surface area contributed by atoms with Crippen LogP contribution in [0.5, 0.6) is 0 Å². The SMILES string of the molecule is OCc1cccc(CNC2CCSCC2)c1. The van der Waals surface area contributed by atoms with Crippen molar-refractivity contribution < 1.29 is 5.11 Å². The van der Waals surface area contributed by atoms with Crippen LogP contribution in [0.4, 0.5) is 0 Å². The van der Waals surface area contributed by atoms with Gasteiger partial charge in [0.15, 0.2) is 0 Å². The molecule has 0 radical (unpaired) electrons. The summed E-state index contributed by atoms with van der Waals surface area (Å²) in [5.74, 6) is 2.57. The summed E-state index contributed by atoms with van der Waals surface area (Å²) in [7, 11) is 0. The summed E-state index contributed by atoms with van der Waals surface area (Å²) in [4.78, 5) is 0. The Morgan fingerprint density at radius 1 is 1.25 bits per heavy atom. The molecule has 16 heavy (non-hydrogen) atoms. The van der Waals surface area contributed by atoms with E-state index in [1.165, 1.54) is 29.9 Å². The zero-order valence-corrected chi connectivity index (χ0v) is 10.3. The molecule has 0 aromatic heterocycles. The molecule has 1 aromatic rings. The number of nitrogens with one attached hydrogen (secondary N) is 1. The smallest absolute Gasteiger partial charge is 0.0681 e. The maximum Gasteiger partial charge on any atom is 0.0681 e. The molecule has 0 atom stereocenters. The third-order valence-corrected chi connectivity index (χ3v) is 4.04. The lowest BCUT2D eigenvalue weighted by Gasteiger charge is -2.22. The Morgan fingerprint density at radius 3 is 2.75 bits per heavy atom. The Morgan fingerprint density at radius 2 is 2.00 bits per heavy atom. The van der Waals surface area contributed by atoms with Crippen molar-refractivity contribution in [2.45, 2.75) is 32.0 Å². The molecule has 3 heteroatoms. The summed E-state index contributed by atoms with van der Waals surface area (Å²) in [6.07, 6.45) is 2.56. The molecule has 1 saturated heterocycles. The fourth-order valence-corrected chi connectivity index (χ4v) is 3.11. The molecule has 2 N–H and O–H groups in total. The minimum Gasteiger partial charge on any atom is -0.392 e. The molecule has 0 amide bonds. The third kappa shape index (κ3) is 3.51. The van der Waals surface area contributed by atoms with Gasteiger partial charge in [0, 0.05) is 12.6 Å². The number of benzene rings is 1. The van der Waals surface area contributed by atoms with E-state index in [0.717, 1.165) is 12.1 Å². The zero-order chi connectivity index (χ0) is 11.2. The van der Waals surface area contributed by atoms with E-state index < -0.39 is 0 Å². The molecule has 0 saturated carbocycles. The quantitative estimate of drug-likeness (QED) is 0.842. The van der Waals surface area contributed by atoms with Crippen LogP contribution in [0.25, 0.3) is 0 Å². The fraction of sp³-hybridized carbons (Fsp3) is 0.538.